The van der Waals surface area contributed by atoms with Crippen LogP contribution in [-0.4, -0.2) is 50.2 Å². The van der Waals surface area contributed by atoms with Gasteiger partial charge >= 0.3 is 0 Å². The van der Waals surface area contributed by atoms with E-state index in [1.807, 2.05) is 0 Å². The standard InChI is InChI=1S/C13H26N2O2.H2/c1-3-15(12-7-5-4-6-8-12)11-13(16)14-9-10-17-2;/h12H,3-11H2,1-2H3,(H,14,16);1H. The average Bonchev–Trinajstić information content (AvgIpc) is 2.37. The van der Waals surface area contributed by atoms with Crippen LogP contribution >= 0.6 is 0 Å². The van der Waals surface area contributed by atoms with Crippen LogP contribution in [0, 0.1) is 0 Å². The highest BCUT2D eigenvalue weighted by Gasteiger charge is 2.21. The Hall–Kier alpha value is -0.610. The van der Waals surface area contributed by atoms with Gasteiger partial charge in [-0.2, -0.15) is 0 Å². The molecule has 0 aromatic rings. The number of nitrogens with one attached hydrogen (secondary N) is 1. The monoisotopic (exact) mass is 244 g/mol. The highest BCUT2D eigenvalue weighted by atomic mass is 16.5. The third-order valence-corrected chi connectivity index (χ3v) is 3.47. The smallest absolute Gasteiger partial charge is 0.234 e. The maximum absolute atomic E-state index is 11.7. The Morgan fingerprint density at radius 3 is 2.71 bits per heavy atom. The molecule has 1 saturated carbocycles. The first-order valence-electron chi connectivity index (χ1n) is 6.77. The number of methoxy groups -OCH3 is 1. The van der Waals surface area contributed by atoms with Gasteiger partial charge in [-0.1, -0.05) is 26.2 Å². The zero-order valence-electron chi connectivity index (χ0n) is 11.2. The Morgan fingerprint density at radius 1 is 1.41 bits per heavy atom. The number of amides is 1. The topological polar surface area (TPSA) is 41.6 Å². The molecule has 0 spiro atoms. The van der Waals surface area contributed by atoms with Gasteiger partial charge < -0.3 is 10.1 Å². The molecule has 0 atom stereocenters. The Bertz CT molecular complexity index is 221. The van der Waals surface area contributed by atoms with Crippen molar-refractivity contribution in [3.05, 3.63) is 0 Å². The van der Waals surface area contributed by atoms with Gasteiger partial charge in [0.1, 0.15) is 0 Å². The second kappa shape index (κ2) is 8.48. The molecule has 1 amide bonds. The second-order valence-electron chi connectivity index (χ2n) is 4.70. The molecule has 1 aliphatic carbocycles. The van der Waals surface area contributed by atoms with Crippen LogP contribution in [0.2, 0.25) is 0 Å². The van der Waals surface area contributed by atoms with E-state index in [4.69, 9.17) is 4.74 Å². The van der Waals surface area contributed by atoms with Crippen molar-refractivity contribution in [2.45, 2.75) is 45.1 Å². The zero-order chi connectivity index (χ0) is 12.5. The van der Waals surface area contributed by atoms with E-state index in [1.54, 1.807) is 7.11 Å². The van der Waals surface area contributed by atoms with Crippen molar-refractivity contribution in [1.29, 1.82) is 0 Å². The largest absolute Gasteiger partial charge is 0.383 e. The average molecular weight is 244 g/mol. The fourth-order valence-electron chi connectivity index (χ4n) is 2.48. The molecule has 0 aromatic heterocycles. The first kappa shape index (κ1) is 14.5. The first-order chi connectivity index (χ1) is 8.27. The molecule has 1 aliphatic rings. The van der Waals surface area contributed by atoms with Gasteiger partial charge in [0.2, 0.25) is 5.91 Å². The molecule has 0 heterocycles. The van der Waals surface area contributed by atoms with Crippen LogP contribution in [0.4, 0.5) is 0 Å². The molecule has 4 heteroatoms. The summed E-state index contributed by atoms with van der Waals surface area (Å²) in [6.45, 7) is 4.82. The molecule has 1 fully saturated rings. The van der Waals surface area contributed by atoms with Gasteiger partial charge in [0.25, 0.3) is 0 Å². The summed E-state index contributed by atoms with van der Waals surface area (Å²) in [7, 11) is 1.65. The van der Waals surface area contributed by atoms with Crippen LogP contribution in [-0.2, 0) is 9.53 Å². The lowest BCUT2D eigenvalue weighted by Gasteiger charge is -2.32. The van der Waals surface area contributed by atoms with Crippen molar-refractivity contribution >= 4 is 5.91 Å². The third-order valence-electron chi connectivity index (χ3n) is 3.47. The minimum Gasteiger partial charge on any atom is -0.383 e. The lowest BCUT2D eigenvalue weighted by Crippen LogP contribution is -2.44. The van der Waals surface area contributed by atoms with E-state index in [0.717, 1.165) is 6.54 Å². The molecule has 4 nitrogen and oxygen atoms in total. The Kier molecular flexibility index (Phi) is 7.21. The minimum atomic E-state index is 0. The van der Waals surface area contributed by atoms with Crippen LogP contribution in [0.15, 0.2) is 0 Å². The summed E-state index contributed by atoms with van der Waals surface area (Å²) >= 11 is 0. The van der Waals surface area contributed by atoms with Gasteiger partial charge in [0, 0.05) is 21.1 Å². The lowest BCUT2D eigenvalue weighted by atomic mass is 9.94. The fourth-order valence-corrected chi connectivity index (χ4v) is 2.48. The number of carbonyl (C=O) groups is 1. The van der Waals surface area contributed by atoms with E-state index in [2.05, 4.69) is 17.1 Å². The number of likely N-dealkylation sites (N-methyl/N-ethyl adjacent to an activating group) is 1. The van der Waals surface area contributed by atoms with Crippen molar-refractivity contribution in [3.8, 4) is 0 Å². The van der Waals surface area contributed by atoms with Crippen LogP contribution in [0.25, 0.3) is 0 Å². The summed E-state index contributed by atoms with van der Waals surface area (Å²) in [5.74, 6) is 0.120. The molecule has 0 unspecified atom stereocenters. The van der Waals surface area contributed by atoms with Crippen molar-refractivity contribution < 1.29 is 11.0 Å². The minimum absolute atomic E-state index is 0. The van der Waals surface area contributed by atoms with Crippen molar-refractivity contribution in [2.75, 3.05) is 33.4 Å². The summed E-state index contributed by atoms with van der Waals surface area (Å²) in [6, 6.07) is 0.613. The second-order valence-corrected chi connectivity index (χ2v) is 4.70. The SMILES string of the molecule is CCN(CC(=O)NCCOC)C1CCCCC1.[HH]. The maximum Gasteiger partial charge on any atom is 0.234 e. The van der Waals surface area contributed by atoms with E-state index >= 15 is 0 Å². The molecular formula is C13H28N2O2. The van der Waals surface area contributed by atoms with Crippen molar-refractivity contribution in [2.24, 2.45) is 0 Å². The predicted molar refractivity (Wildman–Crippen MR) is 71.1 cm³/mol. The van der Waals surface area contributed by atoms with Crippen LogP contribution in [0.3, 0.4) is 0 Å². The summed E-state index contributed by atoms with van der Waals surface area (Å²) < 4.78 is 4.91. The molecule has 1 N–H and O–H groups in total. The summed E-state index contributed by atoms with van der Waals surface area (Å²) in [5, 5.41) is 2.88. The molecule has 17 heavy (non-hydrogen) atoms. The number of ether oxygens (including phenoxy) is 1. The summed E-state index contributed by atoms with van der Waals surface area (Å²) in [6.07, 6.45) is 6.48. The van der Waals surface area contributed by atoms with E-state index in [1.165, 1.54) is 32.1 Å². The predicted octanol–water partition coefficient (Wildman–Crippen LogP) is 1.65. The normalized spacial score (nSPS) is 17.4. The van der Waals surface area contributed by atoms with Gasteiger partial charge in [-0.15, -0.1) is 0 Å². The third kappa shape index (κ3) is 5.50. The molecule has 0 saturated heterocycles. The number of carbonyl (C=O) groups excluding carboxylic acids is 1. The van der Waals surface area contributed by atoms with Gasteiger partial charge in [-0.25, -0.2) is 0 Å². The van der Waals surface area contributed by atoms with Gasteiger partial charge in [-0.05, 0) is 19.4 Å². The van der Waals surface area contributed by atoms with Gasteiger partial charge in [-0.3, -0.25) is 9.69 Å². The Balaban J connectivity index is 0.00000289. The fraction of sp³-hybridized carbons (Fsp3) is 0.923. The van der Waals surface area contributed by atoms with Crippen LogP contribution < -0.4 is 5.32 Å². The zero-order valence-corrected chi connectivity index (χ0v) is 11.2. The number of nitrogens with zero attached hydrogens (tertiary/aromatic N) is 1. The van der Waals surface area contributed by atoms with Crippen LogP contribution in [0.1, 0.15) is 40.5 Å². The van der Waals surface area contributed by atoms with Crippen LogP contribution in [0.5, 0.6) is 0 Å². The summed E-state index contributed by atoms with van der Waals surface area (Å²) in [5.41, 5.74) is 0. The summed E-state index contributed by atoms with van der Waals surface area (Å²) in [4.78, 5) is 14.0. The molecule has 0 aromatic carbocycles. The van der Waals surface area contributed by atoms with Crippen molar-refractivity contribution in [3.63, 3.8) is 0 Å². The van der Waals surface area contributed by atoms with Gasteiger partial charge in [0.15, 0.2) is 0 Å². The molecule has 102 valence electrons. The molecule has 1 rings (SSSR count). The molecular weight excluding hydrogens is 216 g/mol. The molecule has 0 aliphatic heterocycles. The Labute approximate surface area is 106 Å². The maximum atomic E-state index is 11.7. The first-order valence-corrected chi connectivity index (χ1v) is 6.77. The quantitative estimate of drug-likeness (QED) is 0.692. The van der Waals surface area contributed by atoms with E-state index in [-0.39, 0.29) is 7.33 Å². The van der Waals surface area contributed by atoms with E-state index < -0.39 is 0 Å². The van der Waals surface area contributed by atoms with E-state index in [9.17, 15) is 4.79 Å². The highest BCUT2D eigenvalue weighted by molar-refractivity contribution is 5.78. The van der Waals surface area contributed by atoms with Gasteiger partial charge in [0.05, 0.1) is 13.2 Å². The molecule has 0 radical (unpaired) electrons. The molecule has 0 bridgehead atoms. The Morgan fingerprint density at radius 2 is 2.12 bits per heavy atom. The highest BCUT2D eigenvalue weighted by Crippen LogP contribution is 2.22. The number of hydrogen-bond donors (Lipinski definition) is 1. The number of hydrogen-bond acceptors (Lipinski definition) is 3. The van der Waals surface area contributed by atoms with E-state index in [0.29, 0.717) is 25.7 Å². The van der Waals surface area contributed by atoms with Crippen molar-refractivity contribution in [1.82, 2.24) is 10.2 Å². The number of rotatable bonds is 7. The lowest BCUT2D eigenvalue weighted by molar-refractivity contribution is -0.123.